The molecule has 100 valence electrons. The van der Waals surface area contributed by atoms with E-state index in [0.717, 1.165) is 0 Å². The minimum Gasteiger partial charge on any atom is -0.508 e. The lowest BCUT2D eigenvalue weighted by molar-refractivity contribution is 0.388. The molecule has 0 unspecified atom stereocenters. The first-order chi connectivity index (χ1) is 9.13. The molecule has 4 N–H and O–H groups in total. The molecule has 2 aromatic rings. The van der Waals surface area contributed by atoms with Crippen molar-refractivity contribution in [3.05, 3.63) is 47.8 Å². The Morgan fingerprint density at radius 2 is 2.00 bits per heavy atom. The quantitative estimate of drug-likeness (QED) is 0.741. The van der Waals surface area contributed by atoms with Gasteiger partial charge in [-0.15, -0.1) is 0 Å². The second-order valence-corrected chi connectivity index (χ2v) is 4.02. The normalized spacial score (nSPS) is 10.2. The number of ether oxygens (including phenoxy) is 1. The van der Waals surface area contributed by atoms with Crippen LogP contribution in [0.1, 0.15) is 5.56 Å². The van der Waals surface area contributed by atoms with Crippen LogP contribution in [0, 0.1) is 5.82 Å². The lowest BCUT2D eigenvalue weighted by atomic mass is 10.1. The van der Waals surface area contributed by atoms with E-state index in [-0.39, 0.29) is 18.0 Å². The predicted molar refractivity (Wildman–Crippen MR) is 72.8 cm³/mol. The minimum absolute atomic E-state index is 0.0999. The zero-order chi connectivity index (χ0) is 13.8. The first kappa shape index (κ1) is 13.0. The molecule has 0 saturated heterocycles. The number of nitrogen functional groups attached to an aromatic ring is 1. The van der Waals surface area contributed by atoms with Crippen molar-refractivity contribution in [1.29, 1.82) is 0 Å². The minimum atomic E-state index is -0.447. The average molecular weight is 262 g/mol. The zero-order valence-electron chi connectivity index (χ0n) is 10.5. The van der Waals surface area contributed by atoms with E-state index in [9.17, 15) is 9.50 Å². The largest absolute Gasteiger partial charge is 0.508 e. The molecule has 0 aliphatic heterocycles. The smallest absolute Gasteiger partial charge is 0.177 e. The zero-order valence-corrected chi connectivity index (χ0v) is 10.5. The number of halogens is 1. The summed E-state index contributed by atoms with van der Waals surface area (Å²) in [5, 5.41) is 12.7. The van der Waals surface area contributed by atoms with Crippen LogP contribution in [0.4, 0.5) is 15.8 Å². The third kappa shape index (κ3) is 2.70. The van der Waals surface area contributed by atoms with Gasteiger partial charge in [-0.2, -0.15) is 0 Å². The summed E-state index contributed by atoms with van der Waals surface area (Å²) in [5.74, 6) is -0.211. The molecule has 0 atom stereocenters. The van der Waals surface area contributed by atoms with E-state index >= 15 is 0 Å². The Kier molecular flexibility index (Phi) is 3.75. The van der Waals surface area contributed by atoms with Gasteiger partial charge in [0.15, 0.2) is 11.6 Å². The Labute approximate surface area is 110 Å². The molecule has 0 bridgehead atoms. The fourth-order valence-corrected chi connectivity index (χ4v) is 1.82. The van der Waals surface area contributed by atoms with Gasteiger partial charge >= 0.3 is 0 Å². The molecule has 19 heavy (non-hydrogen) atoms. The van der Waals surface area contributed by atoms with E-state index in [1.807, 2.05) is 0 Å². The third-order valence-corrected chi connectivity index (χ3v) is 2.81. The second-order valence-electron chi connectivity index (χ2n) is 4.02. The topological polar surface area (TPSA) is 67.5 Å². The molecular weight excluding hydrogens is 247 g/mol. The van der Waals surface area contributed by atoms with Gasteiger partial charge in [0.25, 0.3) is 0 Å². The van der Waals surface area contributed by atoms with Crippen LogP contribution in [0.2, 0.25) is 0 Å². The Bertz CT molecular complexity index is 567. The third-order valence-electron chi connectivity index (χ3n) is 2.81. The van der Waals surface area contributed by atoms with Gasteiger partial charge in [0, 0.05) is 17.8 Å². The number of nitrogens with one attached hydrogen (secondary N) is 1. The molecule has 4 nitrogen and oxygen atoms in total. The predicted octanol–water partition coefficient (Wildman–Crippen LogP) is 2.73. The number of rotatable bonds is 4. The maximum Gasteiger partial charge on any atom is 0.177 e. The van der Waals surface area contributed by atoms with E-state index < -0.39 is 5.82 Å². The van der Waals surface area contributed by atoms with E-state index in [2.05, 4.69) is 5.32 Å². The summed E-state index contributed by atoms with van der Waals surface area (Å²) < 4.78 is 18.5. The van der Waals surface area contributed by atoms with Gasteiger partial charge in [0.05, 0.1) is 12.8 Å². The molecule has 0 aromatic heterocycles. The monoisotopic (exact) mass is 262 g/mol. The standard InChI is InChI=1S/C14H15FN2O2/c1-19-14-10(15)4-2-6-12(14)17-8-9-11(16)5-3-7-13(9)18/h2-7,17-18H,8,16H2,1H3. The van der Waals surface area contributed by atoms with Crippen molar-refractivity contribution in [2.24, 2.45) is 0 Å². The maximum absolute atomic E-state index is 13.5. The summed E-state index contributed by atoms with van der Waals surface area (Å²) in [5.41, 5.74) is 7.32. The van der Waals surface area contributed by atoms with Crippen molar-refractivity contribution in [3.8, 4) is 11.5 Å². The van der Waals surface area contributed by atoms with Crippen LogP contribution in [-0.4, -0.2) is 12.2 Å². The molecule has 0 heterocycles. The Morgan fingerprint density at radius 3 is 2.68 bits per heavy atom. The van der Waals surface area contributed by atoms with Crippen molar-refractivity contribution >= 4 is 11.4 Å². The van der Waals surface area contributed by atoms with Crippen molar-refractivity contribution in [2.45, 2.75) is 6.54 Å². The SMILES string of the molecule is COc1c(F)cccc1NCc1c(N)cccc1O. The Morgan fingerprint density at radius 1 is 1.26 bits per heavy atom. The lowest BCUT2D eigenvalue weighted by Gasteiger charge is -2.13. The lowest BCUT2D eigenvalue weighted by Crippen LogP contribution is -2.05. The molecule has 0 aliphatic carbocycles. The summed E-state index contributed by atoms with van der Waals surface area (Å²) in [6.45, 7) is 0.276. The number of anilines is 2. The summed E-state index contributed by atoms with van der Waals surface area (Å²) in [6, 6.07) is 9.50. The Hall–Kier alpha value is -2.43. The second kappa shape index (κ2) is 5.48. The van der Waals surface area contributed by atoms with E-state index in [0.29, 0.717) is 16.9 Å². The maximum atomic E-state index is 13.5. The Balaban J connectivity index is 2.22. The molecule has 2 rings (SSSR count). The van der Waals surface area contributed by atoms with Crippen LogP contribution in [-0.2, 0) is 6.54 Å². The van der Waals surface area contributed by atoms with Crippen LogP contribution < -0.4 is 15.8 Å². The molecular formula is C14H15FN2O2. The molecule has 0 saturated carbocycles. The summed E-state index contributed by atoms with van der Waals surface area (Å²) in [7, 11) is 1.40. The van der Waals surface area contributed by atoms with Crippen LogP contribution in [0.25, 0.3) is 0 Å². The summed E-state index contributed by atoms with van der Waals surface area (Å²) in [4.78, 5) is 0. The van der Waals surface area contributed by atoms with E-state index in [1.54, 1.807) is 30.3 Å². The first-order valence-electron chi connectivity index (χ1n) is 5.76. The van der Waals surface area contributed by atoms with E-state index in [1.165, 1.54) is 13.2 Å². The van der Waals surface area contributed by atoms with Gasteiger partial charge in [0.2, 0.25) is 0 Å². The number of nitrogens with two attached hydrogens (primary N) is 1. The highest BCUT2D eigenvalue weighted by Gasteiger charge is 2.10. The fourth-order valence-electron chi connectivity index (χ4n) is 1.82. The highest BCUT2D eigenvalue weighted by Crippen LogP contribution is 2.29. The molecule has 0 fully saturated rings. The number of hydrogen-bond donors (Lipinski definition) is 3. The van der Waals surface area contributed by atoms with Gasteiger partial charge in [-0.3, -0.25) is 0 Å². The number of phenolic OH excluding ortho intramolecular Hbond substituents is 1. The highest BCUT2D eigenvalue weighted by atomic mass is 19.1. The summed E-state index contributed by atoms with van der Waals surface area (Å²) in [6.07, 6.45) is 0. The van der Waals surface area contributed by atoms with Crippen molar-refractivity contribution < 1.29 is 14.2 Å². The number of hydrogen-bond acceptors (Lipinski definition) is 4. The van der Waals surface area contributed by atoms with Crippen LogP contribution in [0.3, 0.4) is 0 Å². The van der Waals surface area contributed by atoms with Crippen LogP contribution >= 0.6 is 0 Å². The van der Waals surface area contributed by atoms with Gasteiger partial charge in [-0.05, 0) is 24.3 Å². The fraction of sp³-hybridized carbons (Fsp3) is 0.143. The summed E-state index contributed by atoms with van der Waals surface area (Å²) >= 11 is 0. The first-order valence-corrected chi connectivity index (χ1v) is 5.76. The van der Waals surface area contributed by atoms with Gasteiger partial charge in [-0.1, -0.05) is 12.1 Å². The molecule has 0 amide bonds. The number of phenols is 1. The molecule has 5 heteroatoms. The molecule has 2 aromatic carbocycles. The molecule has 0 aliphatic rings. The number of benzene rings is 2. The molecule has 0 spiro atoms. The van der Waals surface area contributed by atoms with E-state index in [4.69, 9.17) is 10.5 Å². The molecule has 0 radical (unpaired) electrons. The number of para-hydroxylation sites is 1. The number of methoxy groups -OCH3 is 1. The van der Waals surface area contributed by atoms with Gasteiger partial charge in [-0.25, -0.2) is 4.39 Å². The van der Waals surface area contributed by atoms with Crippen LogP contribution in [0.5, 0.6) is 11.5 Å². The van der Waals surface area contributed by atoms with Crippen molar-refractivity contribution in [1.82, 2.24) is 0 Å². The van der Waals surface area contributed by atoms with Crippen molar-refractivity contribution in [2.75, 3.05) is 18.2 Å². The highest BCUT2D eigenvalue weighted by molar-refractivity contribution is 5.60. The average Bonchev–Trinajstić information content (AvgIpc) is 2.38. The van der Waals surface area contributed by atoms with Crippen molar-refractivity contribution in [3.63, 3.8) is 0 Å². The van der Waals surface area contributed by atoms with Gasteiger partial charge in [0.1, 0.15) is 5.75 Å². The van der Waals surface area contributed by atoms with Gasteiger partial charge < -0.3 is 20.9 Å². The number of aromatic hydroxyl groups is 1. The van der Waals surface area contributed by atoms with Crippen LogP contribution in [0.15, 0.2) is 36.4 Å².